The van der Waals surface area contributed by atoms with Crippen molar-refractivity contribution in [2.24, 2.45) is 15.9 Å². The van der Waals surface area contributed by atoms with Crippen LogP contribution < -0.4 is 21.3 Å². The van der Waals surface area contributed by atoms with Crippen molar-refractivity contribution in [2.45, 2.75) is 6.42 Å². The molecule has 1 aromatic carbocycles. The zero-order valence-corrected chi connectivity index (χ0v) is 14.1. The summed E-state index contributed by atoms with van der Waals surface area (Å²) in [5.41, 5.74) is 8.44. The van der Waals surface area contributed by atoms with E-state index in [2.05, 4.69) is 21.1 Å². The summed E-state index contributed by atoms with van der Waals surface area (Å²) in [5.74, 6) is 1.02. The summed E-state index contributed by atoms with van der Waals surface area (Å²) < 4.78 is 10.8. The number of nitrogens with zero attached hydrogens (tertiary/aromatic N) is 2. The highest BCUT2D eigenvalue weighted by Crippen LogP contribution is 2.18. The van der Waals surface area contributed by atoms with E-state index in [1.165, 1.54) is 11.8 Å². The number of ether oxygens (including phenoxy) is 1. The number of benzene rings is 1. The van der Waals surface area contributed by atoms with Crippen molar-refractivity contribution in [2.75, 3.05) is 13.2 Å². The lowest BCUT2D eigenvalue weighted by Gasteiger charge is -2.12. The number of amides is 1. The number of nitrogens with one attached hydrogen (secondary N) is 2. The molecular formula is C16H17N5O3S. The summed E-state index contributed by atoms with van der Waals surface area (Å²) in [6.07, 6.45) is 2.34. The van der Waals surface area contributed by atoms with Crippen molar-refractivity contribution in [3.8, 4) is 5.75 Å². The molecule has 1 aromatic heterocycles. The fourth-order valence-corrected chi connectivity index (χ4v) is 2.67. The van der Waals surface area contributed by atoms with Crippen LogP contribution in [0.25, 0.3) is 0 Å². The predicted molar refractivity (Wildman–Crippen MR) is 96.5 cm³/mol. The van der Waals surface area contributed by atoms with Crippen LogP contribution in [0.3, 0.4) is 0 Å². The Bertz CT molecular complexity index is 772. The Hall–Kier alpha value is -2.78. The van der Waals surface area contributed by atoms with Crippen LogP contribution in [0, 0.1) is 0 Å². The van der Waals surface area contributed by atoms with E-state index in [1.807, 2.05) is 0 Å². The van der Waals surface area contributed by atoms with E-state index in [0.29, 0.717) is 40.4 Å². The Morgan fingerprint density at radius 1 is 1.28 bits per heavy atom. The number of hydrazone groups is 2. The fourth-order valence-electron chi connectivity index (χ4n) is 1.96. The number of furan rings is 1. The summed E-state index contributed by atoms with van der Waals surface area (Å²) in [4.78, 5) is 12.3. The largest absolute Gasteiger partial charge is 0.494 e. The first kappa shape index (κ1) is 17.1. The molecule has 0 saturated heterocycles. The van der Waals surface area contributed by atoms with Crippen molar-refractivity contribution < 1.29 is 13.9 Å². The monoisotopic (exact) mass is 359 g/mol. The number of nitrogens with two attached hydrogens (primary N) is 1. The molecule has 130 valence electrons. The molecule has 0 saturated carbocycles. The molecule has 25 heavy (non-hydrogen) atoms. The van der Waals surface area contributed by atoms with Gasteiger partial charge in [0.05, 0.1) is 12.9 Å². The van der Waals surface area contributed by atoms with Gasteiger partial charge in [-0.25, -0.2) is 0 Å². The molecule has 0 bridgehead atoms. The van der Waals surface area contributed by atoms with Crippen molar-refractivity contribution in [1.29, 1.82) is 0 Å². The highest BCUT2D eigenvalue weighted by molar-refractivity contribution is 8.27. The van der Waals surface area contributed by atoms with Gasteiger partial charge in [-0.05, 0) is 61.1 Å². The molecule has 0 unspecified atom stereocenters. The number of amidine groups is 1. The molecule has 9 heteroatoms. The van der Waals surface area contributed by atoms with E-state index >= 15 is 0 Å². The minimum atomic E-state index is -0.276. The van der Waals surface area contributed by atoms with Gasteiger partial charge in [0, 0.05) is 5.56 Å². The lowest BCUT2D eigenvalue weighted by Crippen LogP contribution is -2.32. The maximum atomic E-state index is 12.3. The topological polar surface area (TPSA) is 114 Å². The number of hydrogen-bond donors (Lipinski definition) is 3. The maximum Gasteiger partial charge on any atom is 0.257 e. The highest BCUT2D eigenvalue weighted by atomic mass is 32.2. The lowest BCUT2D eigenvalue weighted by atomic mass is 10.2. The van der Waals surface area contributed by atoms with Crippen LogP contribution in [0.5, 0.6) is 5.75 Å². The number of carbonyl (C=O) groups excluding carboxylic acids is 1. The maximum absolute atomic E-state index is 12.3. The molecule has 1 amide bonds. The molecule has 4 N–H and O–H groups in total. The van der Waals surface area contributed by atoms with Gasteiger partial charge in [0.25, 0.3) is 5.91 Å². The number of carbonyl (C=O) groups is 1. The molecule has 1 aliphatic rings. The Kier molecular flexibility index (Phi) is 5.70. The van der Waals surface area contributed by atoms with Crippen molar-refractivity contribution in [1.82, 2.24) is 10.9 Å². The first-order valence-electron chi connectivity index (χ1n) is 7.62. The standard InChI is InChI=1S/C16H17N5O3S/c17-8-2-10-23-12-6-4-11(5-7-12)14(22)18-16-20-21-19-15(25-16)13-3-1-9-24-13/h1,3-7,9,21H,2,8,10,17H2,(H,18,20,22). The number of hydrogen-bond acceptors (Lipinski definition) is 8. The summed E-state index contributed by atoms with van der Waals surface area (Å²) in [7, 11) is 0. The third-order valence-corrected chi connectivity index (χ3v) is 4.06. The van der Waals surface area contributed by atoms with Gasteiger partial charge in [-0.2, -0.15) is 5.53 Å². The van der Waals surface area contributed by atoms with Crippen molar-refractivity contribution in [3.63, 3.8) is 0 Å². The average Bonchev–Trinajstić information content (AvgIpc) is 3.17. The molecular weight excluding hydrogens is 342 g/mol. The van der Waals surface area contributed by atoms with Gasteiger partial charge in [0.15, 0.2) is 16.0 Å². The molecule has 2 aromatic rings. The highest BCUT2D eigenvalue weighted by Gasteiger charge is 2.18. The van der Waals surface area contributed by atoms with Gasteiger partial charge in [-0.15, -0.1) is 10.2 Å². The SMILES string of the molecule is NCCCOc1ccc(C(=O)NC2=NNN=C(c3ccco3)S2)cc1. The van der Waals surface area contributed by atoms with E-state index in [4.69, 9.17) is 14.9 Å². The van der Waals surface area contributed by atoms with E-state index in [9.17, 15) is 4.79 Å². The minimum absolute atomic E-state index is 0.276. The van der Waals surface area contributed by atoms with E-state index in [1.54, 1.807) is 42.7 Å². The van der Waals surface area contributed by atoms with Crippen LogP contribution in [0.2, 0.25) is 0 Å². The van der Waals surface area contributed by atoms with Crippen molar-refractivity contribution in [3.05, 3.63) is 54.0 Å². The van der Waals surface area contributed by atoms with Crippen LogP contribution in [-0.2, 0) is 0 Å². The Morgan fingerprint density at radius 3 is 2.84 bits per heavy atom. The van der Waals surface area contributed by atoms with Crippen LogP contribution in [0.15, 0.2) is 57.3 Å². The summed E-state index contributed by atoms with van der Waals surface area (Å²) in [6, 6.07) is 10.4. The minimum Gasteiger partial charge on any atom is -0.494 e. The van der Waals surface area contributed by atoms with Gasteiger partial charge in [0.1, 0.15) is 5.75 Å². The summed E-state index contributed by atoms with van der Waals surface area (Å²) >= 11 is 1.20. The quantitative estimate of drug-likeness (QED) is 0.677. The summed E-state index contributed by atoms with van der Waals surface area (Å²) in [6.45, 7) is 1.13. The first-order chi connectivity index (χ1) is 12.3. The first-order valence-corrected chi connectivity index (χ1v) is 8.44. The smallest absolute Gasteiger partial charge is 0.257 e. The third kappa shape index (κ3) is 4.61. The second-order valence-corrected chi connectivity index (χ2v) is 5.96. The van der Waals surface area contributed by atoms with Gasteiger partial charge in [-0.1, -0.05) is 0 Å². The number of thioether (sulfide) groups is 1. The zero-order valence-electron chi connectivity index (χ0n) is 13.3. The third-order valence-electron chi connectivity index (χ3n) is 3.18. The second kappa shape index (κ2) is 8.36. The van der Waals surface area contributed by atoms with E-state index < -0.39 is 0 Å². The van der Waals surface area contributed by atoms with E-state index in [0.717, 1.165) is 6.42 Å². The Morgan fingerprint density at radius 2 is 2.12 bits per heavy atom. The predicted octanol–water partition coefficient (Wildman–Crippen LogP) is 1.71. The lowest BCUT2D eigenvalue weighted by molar-refractivity contribution is 0.0977. The Balaban J connectivity index is 1.56. The van der Waals surface area contributed by atoms with Gasteiger partial charge in [0.2, 0.25) is 0 Å². The average molecular weight is 359 g/mol. The van der Waals surface area contributed by atoms with Crippen LogP contribution >= 0.6 is 11.8 Å². The molecule has 3 rings (SSSR count). The number of rotatable bonds is 6. The normalized spacial score (nSPS) is 13.5. The van der Waals surface area contributed by atoms with E-state index in [-0.39, 0.29) is 5.91 Å². The van der Waals surface area contributed by atoms with Crippen LogP contribution in [0.1, 0.15) is 22.5 Å². The van der Waals surface area contributed by atoms with Crippen LogP contribution in [-0.4, -0.2) is 29.3 Å². The molecule has 0 fully saturated rings. The van der Waals surface area contributed by atoms with Crippen molar-refractivity contribution >= 4 is 27.9 Å². The zero-order chi connectivity index (χ0) is 17.5. The molecule has 0 aliphatic carbocycles. The van der Waals surface area contributed by atoms with Crippen LogP contribution in [0.4, 0.5) is 0 Å². The van der Waals surface area contributed by atoms with Gasteiger partial charge < -0.3 is 14.9 Å². The second-order valence-electron chi connectivity index (χ2n) is 4.98. The Labute approximate surface area is 148 Å². The van der Waals surface area contributed by atoms with Gasteiger partial charge >= 0.3 is 0 Å². The summed E-state index contributed by atoms with van der Waals surface area (Å²) in [5, 5.41) is 11.7. The fraction of sp³-hybridized carbons (Fsp3) is 0.188. The molecule has 2 heterocycles. The molecule has 8 nitrogen and oxygen atoms in total. The molecule has 0 atom stereocenters. The molecule has 1 aliphatic heterocycles. The molecule has 0 radical (unpaired) electrons. The molecule has 0 spiro atoms. The van der Waals surface area contributed by atoms with Gasteiger partial charge in [-0.3, -0.25) is 10.1 Å².